The highest BCUT2D eigenvalue weighted by atomic mass is 15.0. The lowest BCUT2D eigenvalue weighted by atomic mass is 10.1. The van der Waals surface area contributed by atoms with Crippen molar-refractivity contribution in [3.8, 4) is 11.4 Å². The summed E-state index contributed by atoms with van der Waals surface area (Å²) in [6, 6.07) is 9.96. The van der Waals surface area contributed by atoms with E-state index in [1.54, 1.807) is 12.4 Å². The summed E-state index contributed by atoms with van der Waals surface area (Å²) < 4.78 is 0. The second-order valence-corrected chi connectivity index (χ2v) is 4.36. The Morgan fingerprint density at radius 3 is 2.48 bits per heavy atom. The largest absolute Gasteiger partial charge is 0.373 e. The third kappa shape index (κ3) is 2.99. The van der Waals surface area contributed by atoms with Crippen molar-refractivity contribution in [2.24, 2.45) is 0 Å². The van der Waals surface area contributed by atoms with Crippen LogP contribution in [0.3, 0.4) is 0 Å². The second kappa shape index (κ2) is 6.79. The molecule has 0 spiro atoms. The van der Waals surface area contributed by atoms with E-state index in [4.69, 9.17) is 0 Å². The highest BCUT2D eigenvalue weighted by molar-refractivity contribution is 5.92. The van der Waals surface area contributed by atoms with E-state index >= 15 is 0 Å². The maximum atomic E-state index is 4.66. The number of hydrogen-bond donors (Lipinski definition) is 1. The summed E-state index contributed by atoms with van der Waals surface area (Å²) in [7, 11) is 1.87. The number of para-hydroxylation sites is 1. The van der Waals surface area contributed by atoms with Crippen LogP contribution >= 0.6 is 0 Å². The van der Waals surface area contributed by atoms with Gasteiger partial charge in [-0.15, -0.1) is 0 Å². The van der Waals surface area contributed by atoms with Gasteiger partial charge in [-0.05, 0) is 30.7 Å². The molecule has 0 saturated heterocycles. The molecule has 0 saturated carbocycles. The van der Waals surface area contributed by atoms with Gasteiger partial charge in [-0.3, -0.25) is 4.98 Å². The van der Waals surface area contributed by atoms with Crippen LogP contribution in [0.25, 0.3) is 22.3 Å². The molecule has 3 rings (SSSR count). The summed E-state index contributed by atoms with van der Waals surface area (Å²) in [6.07, 6.45) is 3.52. The number of hydrogen-bond acceptors (Lipinski definition) is 4. The monoisotopic (exact) mass is 280 g/mol. The van der Waals surface area contributed by atoms with Crippen molar-refractivity contribution in [1.29, 1.82) is 0 Å². The van der Waals surface area contributed by atoms with E-state index in [9.17, 15) is 0 Å². The Hall–Kier alpha value is -2.49. The van der Waals surface area contributed by atoms with E-state index in [2.05, 4.69) is 33.3 Å². The first kappa shape index (κ1) is 14.9. The van der Waals surface area contributed by atoms with Crippen LogP contribution in [-0.4, -0.2) is 22.0 Å². The van der Waals surface area contributed by atoms with E-state index in [1.807, 2.05) is 45.2 Å². The number of nitrogens with zero attached hydrogens (tertiary/aromatic N) is 3. The summed E-state index contributed by atoms with van der Waals surface area (Å²) in [5, 5.41) is 4.17. The molecule has 0 atom stereocenters. The minimum absolute atomic E-state index is 0.694. The van der Waals surface area contributed by atoms with Crippen LogP contribution in [-0.2, 0) is 0 Å². The summed E-state index contributed by atoms with van der Waals surface area (Å²) in [5.41, 5.74) is 3.03. The first-order chi connectivity index (χ1) is 10.3. The van der Waals surface area contributed by atoms with Crippen molar-refractivity contribution in [1.82, 2.24) is 15.0 Å². The summed E-state index contributed by atoms with van der Waals surface area (Å²) in [6.45, 7) is 6.06. The SMILES string of the molecule is CC.CNc1nc(-c2cccnc2)nc2c(C)cccc12. The second-order valence-electron chi connectivity index (χ2n) is 4.36. The molecule has 21 heavy (non-hydrogen) atoms. The molecule has 0 aliphatic rings. The predicted octanol–water partition coefficient (Wildman–Crippen LogP) is 4.07. The van der Waals surface area contributed by atoms with Crippen molar-refractivity contribution < 1.29 is 0 Å². The number of benzene rings is 1. The van der Waals surface area contributed by atoms with Crippen LogP contribution in [0.15, 0.2) is 42.7 Å². The van der Waals surface area contributed by atoms with Crippen LogP contribution in [0, 0.1) is 6.92 Å². The van der Waals surface area contributed by atoms with Gasteiger partial charge < -0.3 is 5.32 Å². The van der Waals surface area contributed by atoms with E-state index < -0.39 is 0 Å². The maximum absolute atomic E-state index is 4.66. The first-order valence-electron chi connectivity index (χ1n) is 7.15. The molecule has 3 aromatic rings. The molecule has 0 aliphatic heterocycles. The number of aromatic nitrogens is 3. The molecule has 0 fully saturated rings. The van der Waals surface area contributed by atoms with Crippen LogP contribution in [0.2, 0.25) is 0 Å². The topological polar surface area (TPSA) is 50.7 Å². The number of pyridine rings is 1. The fourth-order valence-corrected chi connectivity index (χ4v) is 2.11. The minimum atomic E-state index is 0.694. The van der Waals surface area contributed by atoms with Gasteiger partial charge in [-0.2, -0.15) is 0 Å². The van der Waals surface area contributed by atoms with Crippen molar-refractivity contribution in [2.45, 2.75) is 20.8 Å². The number of aryl methyl sites for hydroxylation is 1. The highest BCUT2D eigenvalue weighted by Crippen LogP contribution is 2.26. The Kier molecular flexibility index (Phi) is 4.82. The third-order valence-corrected chi connectivity index (χ3v) is 3.08. The smallest absolute Gasteiger partial charge is 0.163 e. The van der Waals surface area contributed by atoms with Gasteiger partial charge in [-0.25, -0.2) is 9.97 Å². The lowest BCUT2D eigenvalue weighted by Crippen LogP contribution is -1.99. The molecule has 0 amide bonds. The van der Waals surface area contributed by atoms with Gasteiger partial charge in [0.2, 0.25) is 0 Å². The number of anilines is 1. The molecule has 2 heterocycles. The van der Waals surface area contributed by atoms with Crippen LogP contribution in [0.1, 0.15) is 19.4 Å². The number of nitrogens with one attached hydrogen (secondary N) is 1. The van der Waals surface area contributed by atoms with Gasteiger partial charge in [0.25, 0.3) is 0 Å². The van der Waals surface area contributed by atoms with Gasteiger partial charge in [0.05, 0.1) is 5.52 Å². The third-order valence-electron chi connectivity index (χ3n) is 3.08. The molecule has 1 aromatic carbocycles. The molecule has 0 unspecified atom stereocenters. The van der Waals surface area contributed by atoms with E-state index in [0.29, 0.717) is 5.82 Å². The Morgan fingerprint density at radius 2 is 1.81 bits per heavy atom. The zero-order valence-electron chi connectivity index (χ0n) is 12.9. The average molecular weight is 280 g/mol. The van der Waals surface area contributed by atoms with Crippen molar-refractivity contribution >= 4 is 16.7 Å². The van der Waals surface area contributed by atoms with Gasteiger partial charge in [0.15, 0.2) is 5.82 Å². The molecule has 1 N–H and O–H groups in total. The minimum Gasteiger partial charge on any atom is -0.373 e. The zero-order chi connectivity index (χ0) is 15.2. The first-order valence-corrected chi connectivity index (χ1v) is 7.15. The number of fused-ring (bicyclic) bond motifs is 1. The summed E-state index contributed by atoms with van der Waals surface area (Å²) >= 11 is 0. The Balaban J connectivity index is 0.000000774. The van der Waals surface area contributed by atoms with Crippen molar-refractivity contribution in [2.75, 3.05) is 12.4 Å². The molecular formula is C17H20N4. The molecule has 108 valence electrons. The Morgan fingerprint density at radius 1 is 1.00 bits per heavy atom. The fourth-order valence-electron chi connectivity index (χ4n) is 2.11. The predicted molar refractivity (Wildman–Crippen MR) is 88.4 cm³/mol. The summed E-state index contributed by atoms with van der Waals surface area (Å²) in [4.78, 5) is 13.3. The van der Waals surface area contributed by atoms with Crippen molar-refractivity contribution in [3.05, 3.63) is 48.3 Å². The average Bonchev–Trinajstić information content (AvgIpc) is 2.57. The van der Waals surface area contributed by atoms with E-state index in [-0.39, 0.29) is 0 Å². The van der Waals surface area contributed by atoms with Gasteiger partial charge in [-0.1, -0.05) is 26.0 Å². The standard InChI is InChI=1S/C15H14N4.C2H6/c1-10-5-3-7-12-13(10)18-14(19-15(12)16-2)11-6-4-8-17-9-11;1-2/h3-9H,1-2H3,(H,16,18,19);1-2H3. The normalized spacial score (nSPS) is 9.90. The zero-order valence-corrected chi connectivity index (χ0v) is 12.9. The number of rotatable bonds is 2. The molecule has 4 nitrogen and oxygen atoms in total. The van der Waals surface area contributed by atoms with Crippen LogP contribution in [0.4, 0.5) is 5.82 Å². The quantitative estimate of drug-likeness (QED) is 0.769. The summed E-state index contributed by atoms with van der Waals surface area (Å²) in [5.74, 6) is 1.53. The Bertz CT molecular complexity index is 723. The molecule has 0 bridgehead atoms. The molecule has 0 aliphatic carbocycles. The lowest BCUT2D eigenvalue weighted by Gasteiger charge is -2.09. The highest BCUT2D eigenvalue weighted by Gasteiger charge is 2.09. The molecule has 4 heteroatoms. The maximum Gasteiger partial charge on any atom is 0.163 e. The molecule has 2 aromatic heterocycles. The van der Waals surface area contributed by atoms with Crippen LogP contribution in [0.5, 0.6) is 0 Å². The van der Waals surface area contributed by atoms with Crippen LogP contribution < -0.4 is 5.32 Å². The molecular weight excluding hydrogens is 260 g/mol. The lowest BCUT2D eigenvalue weighted by molar-refractivity contribution is 1.19. The van der Waals surface area contributed by atoms with E-state index in [0.717, 1.165) is 27.8 Å². The molecule has 0 radical (unpaired) electrons. The van der Waals surface area contributed by atoms with E-state index in [1.165, 1.54) is 0 Å². The fraction of sp³-hybridized carbons (Fsp3) is 0.235. The Labute approximate surface area is 125 Å². The van der Waals surface area contributed by atoms with Crippen molar-refractivity contribution in [3.63, 3.8) is 0 Å². The van der Waals surface area contributed by atoms with Gasteiger partial charge >= 0.3 is 0 Å². The van der Waals surface area contributed by atoms with Gasteiger partial charge in [0.1, 0.15) is 5.82 Å². The van der Waals surface area contributed by atoms with Gasteiger partial charge in [0, 0.05) is 30.4 Å².